The number of fused-ring (bicyclic) bond motifs is 1. The second kappa shape index (κ2) is 4.97. The molecule has 1 aromatic carbocycles. The molecule has 0 bridgehead atoms. The molecule has 1 aliphatic heterocycles. The Labute approximate surface area is 123 Å². The predicted octanol–water partition coefficient (Wildman–Crippen LogP) is 2.81. The normalized spacial score (nSPS) is 18.4. The first kappa shape index (κ1) is 12.5. The third-order valence-corrected chi connectivity index (χ3v) is 4.13. The first-order chi connectivity index (χ1) is 10.3. The smallest absolute Gasteiger partial charge is 0.164 e. The number of nitrogens with one attached hydrogen (secondary N) is 1. The Bertz CT molecular complexity index is 784. The molecule has 0 spiro atoms. The van der Waals surface area contributed by atoms with Gasteiger partial charge in [-0.15, -0.1) is 0 Å². The molecule has 2 aromatic heterocycles. The maximum Gasteiger partial charge on any atom is 0.164 e. The number of rotatable bonds is 2. The molecule has 0 saturated carbocycles. The van der Waals surface area contributed by atoms with Crippen LogP contribution in [0.5, 0.6) is 0 Å². The summed E-state index contributed by atoms with van der Waals surface area (Å²) in [5, 5.41) is 3.43. The lowest BCUT2D eigenvalue weighted by molar-refractivity contribution is 0.690. The van der Waals surface area contributed by atoms with Gasteiger partial charge < -0.3 is 5.32 Å². The minimum absolute atomic E-state index is 0.458. The van der Waals surface area contributed by atoms with E-state index in [4.69, 9.17) is 4.98 Å². The summed E-state index contributed by atoms with van der Waals surface area (Å²) >= 11 is 0. The van der Waals surface area contributed by atoms with Crippen LogP contribution in [0.1, 0.15) is 23.7 Å². The van der Waals surface area contributed by atoms with E-state index in [1.165, 1.54) is 5.56 Å². The van der Waals surface area contributed by atoms with E-state index in [0.717, 1.165) is 42.2 Å². The molecule has 106 valence electrons. The Hall–Kier alpha value is -2.20. The monoisotopic (exact) mass is 278 g/mol. The molecule has 4 rings (SSSR count). The van der Waals surface area contributed by atoms with Crippen LogP contribution in [0.2, 0.25) is 0 Å². The molecule has 1 N–H and O–H groups in total. The molecule has 0 amide bonds. The summed E-state index contributed by atoms with van der Waals surface area (Å²) in [4.78, 5) is 9.42. The predicted molar refractivity (Wildman–Crippen MR) is 83.8 cm³/mol. The standard InChI is InChI=1S/C17H18N4/c1-12-4-2-5-14(10-12)21-16(13-7-9-18-11-13)20-15-6-3-8-19-17(15)21/h2-6,8,10,13,18H,7,9,11H2,1H3. The van der Waals surface area contributed by atoms with E-state index in [0.29, 0.717) is 5.92 Å². The van der Waals surface area contributed by atoms with Gasteiger partial charge in [0.1, 0.15) is 11.3 Å². The minimum Gasteiger partial charge on any atom is -0.316 e. The van der Waals surface area contributed by atoms with E-state index >= 15 is 0 Å². The van der Waals surface area contributed by atoms with Gasteiger partial charge in [0.25, 0.3) is 0 Å². The van der Waals surface area contributed by atoms with Gasteiger partial charge in [-0.05, 0) is 49.7 Å². The van der Waals surface area contributed by atoms with Gasteiger partial charge >= 0.3 is 0 Å². The highest BCUT2D eigenvalue weighted by Crippen LogP contribution is 2.28. The second-order valence-electron chi connectivity index (χ2n) is 5.68. The summed E-state index contributed by atoms with van der Waals surface area (Å²) in [6, 6.07) is 12.5. The summed E-state index contributed by atoms with van der Waals surface area (Å²) in [5.74, 6) is 1.58. The molecule has 1 fully saturated rings. The van der Waals surface area contributed by atoms with Gasteiger partial charge in [-0.25, -0.2) is 9.97 Å². The average Bonchev–Trinajstić information content (AvgIpc) is 3.14. The fourth-order valence-electron chi connectivity index (χ4n) is 3.10. The van der Waals surface area contributed by atoms with Gasteiger partial charge in [0.05, 0.1) is 0 Å². The van der Waals surface area contributed by atoms with E-state index in [-0.39, 0.29) is 0 Å². The highest BCUT2D eigenvalue weighted by molar-refractivity contribution is 5.74. The number of hydrogen-bond donors (Lipinski definition) is 1. The third kappa shape index (κ3) is 2.12. The van der Waals surface area contributed by atoms with Crippen LogP contribution in [0, 0.1) is 6.92 Å². The Morgan fingerprint density at radius 1 is 1.24 bits per heavy atom. The summed E-state index contributed by atoms with van der Waals surface area (Å²) in [6.45, 7) is 4.18. The van der Waals surface area contributed by atoms with E-state index in [1.54, 1.807) is 0 Å². The SMILES string of the molecule is Cc1cccc(-n2c(C3CCNC3)nc3cccnc32)c1. The lowest BCUT2D eigenvalue weighted by atomic mass is 10.1. The second-order valence-corrected chi connectivity index (χ2v) is 5.68. The van der Waals surface area contributed by atoms with Crippen LogP contribution < -0.4 is 5.32 Å². The topological polar surface area (TPSA) is 42.7 Å². The maximum absolute atomic E-state index is 4.86. The molecule has 0 aliphatic carbocycles. The van der Waals surface area contributed by atoms with Crippen LogP contribution in [-0.2, 0) is 0 Å². The molecule has 1 unspecified atom stereocenters. The number of imidazole rings is 1. The van der Waals surface area contributed by atoms with Gasteiger partial charge in [0, 0.05) is 24.3 Å². The van der Waals surface area contributed by atoms with Gasteiger partial charge in [-0.2, -0.15) is 0 Å². The first-order valence-electron chi connectivity index (χ1n) is 7.44. The van der Waals surface area contributed by atoms with Gasteiger partial charge in [0.2, 0.25) is 0 Å². The quantitative estimate of drug-likeness (QED) is 0.784. The summed E-state index contributed by atoms with van der Waals surface area (Å²) < 4.78 is 2.22. The van der Waals surface area contributed by atoms with E-state index < -0.39 is 0 Å². The van der Waals surface area contributed by atoms with Crippen LogP contribution in [0.3, 0.4) is 0 Å². The molecular formula is C17H18N4. The van der Waals surface area contributed by atoms with Crippen LogP contribution in [0.4, 0.5) is 0 Å². The molecule has 1 aliphatic rings. The number of aromatic nitrogens is 3. The van der Waals surface area contributed by atoms with Crippen molar-refractivity contribution < 1.29 is 0 Å². The molecule has 1 saturated heterocycles. The summed E-state index contributed by atoms with van der Waals surface area (Å²) in [7, 11) is 0. The lowest BCUT2D eigenvalue weighted by Gasteiger charge is -2.13. The van der Waals surface area contributed by atoms with Gasteiger partial charge in [-0.3, -0.25) is 4.57 Å². The number of hydrogen-bond acceptors (Lipinski definition) is 3. The number of nitrogens with zero attached hydrogens (tertiary/aromatic N) is 3. The molecule has 4 heteroatoms. The molecule has 3 heterocycles. The van der Waals surface area contributed by atoms with Gasteiger partial charge in [0.15, 0.2) is 5.65 Å². The Morgan fingerprint density at radius 2 is 2.19 bits per heavy atom. The zero-order chi connectivity index (χ0) is 14.2. The zero-order valence-electron chi connectivity index (χ0n) is 12.1. The summed E-state index contributed by atoms with van der Waals surface area (Å²) in [5.41, 5.74) is 4.32. The number of benzene rings is 1. The van der Waals surface area contributed by atoms with Crippen LogP contribution in [0.25, 0.3) is 16.9 Å². The largest absolute Gasteiger partial charge is 0.316 e. The maximum atomic E-state index is 4.86. The highest BCUT2D eigenvalue weighted by atomic mass is 15.1. The highest BCUT2D eigenvalue weighted by Gasteiger charge is 2.24. The fraction of sp³-hybridized carbons (Fsp3) is 0.294. The van der Waals surface area contributed by atoms with Crippen molar-refractivity contribution in [2.24, 2.45) is 0 Å². The van der Waals surface area contributed by atoms with Crippen LogP contribution in [-0.4, -0.2) is 27.6 Å². The average molecular weight is 278 g/mol. The molecule has 1 atom stereocenters. The number of aryl methyl sites for hydroxylation is 1. The van der Waals surface area contributed by atoms with Crippen molar-refractivity contribution in [3.05, 3.63) is 54.0 Å². The van der Waals surface area contributed by atoms with Crippen molar-refractivity contribution in [2.75, 3.05) is 13.1 Å². The zero-order valence-corrected chi connectivity index (χ0v) is 12.1. The Balaban J connectivity index is 1.98. The lowest BCUT2D eigenvalue weighted by Crippen LogP contribution is -2.12. The van der Waals surface area contributed by atoms with Crippen molar-refractivity contribution in [2.45, 2.75) is 19.3 Å². The number of pyridine rings is 1. The minimum atomic E-state index is 0.458. The summed E-state index contributed by atoms with van der Waals surface area (Å²) in [6.07, 6.45) is 2.97. The molecular weight excluding hydrogens is 260 g/mol. The van der Waals surface area contributed by atoms with Crippen molar-refractivity contribution in [3.63, 3.8) is 0 Å². The molecule has 4 nitrogen and oxygen atoms in total. The van der Waals surface area contributed by atoms with E-state index in [9.17, 15) is 0 Å². The van der Waals surface area contributed by atoms with Crippen molar-refractivity contribution in [1.82, 2.24) is 19.9 Å². The van der Waals surface area contributed by atoms with Crippen molar-refractivity contribution in [1.29, 1.82) is 0 Å². The molecule has 21 heavy (non-hydrogen) atoms. The van der Waals surface area contributed by atoms with Crippen molar-refractivity contribution >= 4 is 11.2 Å². The Kier molecular flexibility index (Phi) is 2.97. The molecule has 3 aromatic rings. The van der Waals surface area contributed by atoms with Crippen molar-refractivity contribution in [3.8, 4) is 5.69 Å². The fourth-order valence-corrected chi connectivity index (χ4v) is 3.10. The van der Waals surface area contributed by atoms with Gasteiger partial charge in [-0.1, -0.05) is 12.1 Å². The van der Waals surface area contributed by atoms with E-state index in [1.807, 2.05) is 18.3 Å². The van der Waals surface area contributed by atoms with Crippen LogP contribution >= 0.6 is 0 Å². The molecule has 0 radical (unpaired) electrons. The van der Waals surface area contributed by atoms with Crippen LogP contribution in [0.15, 0.2) is 42.6 Å². The third-order valence-electron chi connectivity index (χ3n) is 4.13. The van der Waals surface area contributed by atoms with E-state index in [2.05, 4.69) is 46.1 Å². The Morgan fingerprint density at radius 3 is 3.00 bits per heavy atom. The first-order valence-corrected chi connectivity index (χ1v) is 7.44.